The number of rotatable bonds is 3. The Morgan fingerprint density at radius 1 is 1.12 bits per heavy atom. The fourth-order valence-corrected chi connectivity index (χ4v) is 2.50. The topological polar surface area (TPSA) is 35.9 Å². The Kier molecular flexibility index (Phi) is 4.16. The number of hydrogen-bond acceptors (Lipinski definition) is 3. The Hall–Kier alpha value is -2.95. The van der Waals surface area contributed by atoms with Gasteiger partial charge < -0.3 is 4.90 Å². The largest absolute Gasteiger partial charge is 0.378 e. The zero-order chi connectivity index (χ0) is 17.3. The molecule has 5 heteroatoms. The summed E-state index contributed by atoms with van der Waals surface area (Å²) in [5.41, 5.74) is 3.55. The van der Waals surface area contributed by atoms with Gasteiger partial charge in [0.25, 0.3) is 5.91 Å². The molecule has 24 heavy (non-hydrogen) atoms. The van der Waals surface area contributed by atoms with Crippen LogP contribution in [0.1, 0.15) is 12.5 Å². The number of amides is 1. The minimum absolute atomic E-state index is 0.255. The van der Waals surface area contributed by atoms with Crippen molar-refractivity contribution in [2.24, 2.45) is 5.10 Å². The second-order valence-electron chi connectivity index (χ2n) is 5.83. The first-order chi connectivity index (χ1) is 11.5. The molecule has 2 aromatic rings. The molecule has 1 amide bonds. The van der Waals surface area contributed by atoms with E-state index in [0.717, 1.165) is 11.3 Å². The van der Waals surface area contributed by atoms with Crippen LogP contribution in [0.5, 0.6) is 0 Å². The van der Waals surface area contributed by atoms with Crippen molar-refractivity contribution in [2.45, 2.75) is 6.92 Å². The minimum Gasteiger partial charge on any atom is -0.378 e. The first kappa shape index (κ1) is 15.9. The molecule has 0 aromatic heterocycles. The Morgan fingerprint density at radius 3 is 2.46 bits per heavy atom. The van der Waals surface area contributed by atoms with E-state index in [2.05, 4.69) is 5.10 Å². The van der Waals surface area contributed by atoms with E-state index in [1.54, 1.807) is 25.1 Å². The first-order valence-corrected chi connectivity index (χ1v) is 7.60. The predicted octanol–water partition coefficient (Wildman–Crippen LogP) is 3.70. The zero-order valence-corrected chi connectivity index (χ0v) is 13.8. The second kappa shape index (κ2) is 6.28. The van der Waals surface area contributed by atoms with Crippen LogP contribution in [0.15, 0.2) is 59.2 Å². The van der Waals surface area contributed by atoms with Gasteiger partial charge >= 0.3 is 0 Å². The average Bonchev–Trinajstić information content (AvgIpc) is 2.83. The van der Waals surface area contributed by atoms with E-state index in [1.807, 2.05) is 43.3 Å². The molecule has 0 spiro atoms. The molecule has 0 bridgehead atoms. The van der Waals surface area contributed by atoms with Crippen LogP contribution in [-0.4, -0.2) is 25.7 Å². The standard InChI is InChI=1S/C19H18FN3O/c1-13-18(11-14-7-9-16(10-8-14)22(2)3)19(24)23(21-13)17-6-4-5-15(20)12-17/h4-12H,1-3H3. The number of carbonyl (C=O) groups excluding carboxylic acids is 1. The highest BCUT2D eigenvalue weighted by molar-refractivity contribution is 6.32. The molecule has 2 aromatic carbocycles. The number of halogens is 1. The third kappa shape index (κ3) is 3.06. The average molecular weight is 323 g/mol. The van der Waals surface area contributed by atoms with E-state index in [9.17, 15) is 9.18 Å². The Morgan fingerprint density at radius 2 is 1.83 bits per heavy atom. The van der Waals surface area contributed by atoms with Gasteiger partial charge in [-0.25, -0.2) is 4.39 Å². The smallest absolute Gasteiger partial charge is 0.280 e. The van der Waals surface area contributed by atoms with Crippen LogP contribution in [0.3, 0.4) is 0 Å². The van der Waals surface area contributed by atoms with Gasteiger partial charge in [-0.3, -0.25) is 4.79 Å². The van der Waals surface area contributed by atoms with Gasteiger partial charge in [0, 0.05) is 19.8 Å². The summed E-state index contributed by atoms with van der Waals surface area (Å²) in [5, 5.41) is 5.50. The first-order valence-electron chi connectivity index (χ1n) is 7.60. The van der Waals surface area contributed by atoms with E-state index in [-0.39, 0.29) is 5.91 Å². The van der Waals surface area contributed by atoms with Gasteiger partial charge in [0.15, 0.2) is 0 Å². The molecular formula is C19H18FN3O. The highest BCUT2D eigenvalue weighted by Gasteiger charge is 2.28. The lowest BCUT2D eigenvalue weighted by atomic mass is 10.1. The van der Waals surface area contributed by atoms with Crippen LogP contribution in [0.2, 0.25) is 0 Å². The molecule has 1 aliphatic heterocycles. The molecule has 0 atom stereocenters. The van der Waals surface area contributed by atoms with Crippen molar-refractivity contribution in [1.82, 2.24) is 0 Å². The maximum Gasteiger partial charge on any atom is 0.280 e. The Bertz CT molecular complexity index is 838. The third-order valence-corrected chi connectivity index (χ3v) is 3.84. The van der Waals surface area contributed by atoms with Crippen molar-refractivity contribution in [2.75, 3.05) is 24.0 Å². The Balaban J connectivity index is 1.90. The van der Waals surface area contributed by atoms with Gasteiger partial charge in [-0.1, -0.05) is 18.2 Å². The van der Waals surface area contributed by atoms with Crippen LogP contribution < -0.4 is 9.91 Å². The SMILES string of the molecule is CC1=NN(c2cccc(F)c2)C(=O)C1=Cc1ccc(N(C)C)cc1. The molecule has 3 rings (SSSR count). The number of hydrogen-bond donors (Lipinski definition) is 0. The summed E-state index contributed by atoms with van der Waals surface area (Å²) < 4.78 is 13.4. The van der Waals surface area contributed by atoms with E-state index in [1.165, 1.54) is 17.1 Å². The Labute approximate surface area is 140 Å². The summed E-state index contributed by atoms with van der Waals surface area (Å²) in [6, 6.07) is 13.7. The lowest BCUT2D eigenvalue weighted by Crippen LogP contribution is -2.21. The van der Waals surface area contributed by atoms with Crippen LogP contribution >= 0.6 is 0 Å². The lowest BCUT2D eigenvalue weighted by molar-refractivity contribution is -0.114. The molecule has 4 nitrogen and oxygen atoms in total. The van der Waals surface area contributed by atoms with E-state index in [0.29, 0.717) is 17.0 Å². The normalized spacial score (nSPS) is 15.8. The molecule has 1 aliphatic rings. The molecule has 0 aliphatic carbocycles. The van der Waals surface area contributed by atoms with E-state index >= 15 is 0 Å². The molecule has 1 heterocycles. The lowest BCUT2D eigenvalue weighted by Gasteiger charge is -2.12. The van der Waals surface area contributed by atoms with Crippen LogP contribution in [0, 0.1) is 5.82 Å². The predicted molar refractivity (Wildman–Crippen MR) is 95.7 cm³/mol. The van der Waals surface area contributed by atoms with Gasteiger partial charge in [0.1, 0.15) is 5.82 Å². The highest BCUT2D eigenvalue weighted by Crippen LogP contribution is 2.25. The highest BCUT2D eigenvalue weighted by atomic mass is 19.1. The summed E-state index contributed by atoms with van der Waals surface area (Å²) in [7, 11) is 3.95. The maximum atomic E-state index is 13.4. The van der Waals surface area contributed by atoms with Crippen molar-refractivity contribution < 1.29 is 9.18 Å². The van der Waals surface area contributed by atoms with Crippen LogP contribution in [0.25, 0.3) is 6.08 Å². The van der Waals surface area contributed by atoms with E-state index < -0.39 is 5.82 Å². The summed E-state index contributed by atoms with van der Waals surface area (Å²) in [6.07, 6.45) is 1.81. The quantitative estimate of drug-likeness (QED) is 0.808. The number of nitrogens with zero attached hydrogens (tertiary/aromatic N) is 3. The van der Waals surface area contributed by atoms with Gasteiger partial charge in [0.05, 0.1) is 17.0 Å². The molecule has 0 saturated heterocycles. The van der Waals surface area contributed by atoms with Crippen molar-refractivity contribution in [3.8, 4) is 0 Å². The second-order valence-corrected chi connectivity index (χ2v) is 5.83. The van der Waals surface area contributed by atoms with Gasteiger partial charge in [-0.05, 0) is 48.9 Å². The summed E-state index contributed by atoms with van der Waals surface area (Å²) in [5.74, 6) is -0.653. The van der Waals surface area contributed by atoms with Gasteiger partial charge in [0.2, 0.25) is 0 Å². The molecular weight excluding hydrogens is 305 g/mol. The van der Waals surface area contributed by atoms with Crippen LogP contribution in [0.4, 0.5) is 15.8 Å². The summed E-state index contributed by atoms with van der Waals surface area (Å²) in [4.78, 5) is 14.6. The molecule has 122 valence electrons. The van der Waals surface area contributed by atoms with E-state index in [4.69, 9.17) is 0 Å². The number of carbonyl (C=O) groups is 1. The third-order valence-electron chi connectivity index (χ3n) is 3.84. The fraction of sp³-hybridized carbons (Fsp3) is 0.158. The number of hydrazone groups is 1. The van der Waals surface area contributed by atoms with Crippen LogP contribution in [-0.2, 0) is 4.79 Å². The molecule has 0 saturated carbocycles. The van der Waals surface area contributed by atoms with Crippen molar-refractivity contribution in [3.63, 3.8) is 0 Å². The number of benzene rings is 2. The zero-order valence-electron chi connectivity index (χ0n) is 13.8. The molecule has 0 radical (unpaired) electrons. The van der Waals surface area contributed by atoms with Gasteiger partial charge in [-0.2, -0.15) is 10.1 Å². The molecule has 0 N–H and O–H groups in total. The molecule has 0 fully saturated rings. The summed E-state index contributed by atoms with van der Waals surface area (Å²) >= 11 is 0. The van der Waals surface area contributed by atoms with Gasteiger partial charge in [-0.15, -0.1) is 0 Å². The summed E-state index contributed by atoms with van der Waals surface area (Å²) in [6.45, 7) is 1.78. The maximum absolute atomic E-state index is 13.4. The minimum atomic E-state index is -0.398. The fourth-order valence-electron chi connectivity index (χ4n) is 2.50. The van der Waals surface area contributed by atoms with Crippen molar-refractivity contribution >= 4 is 29.1 Å². The van der Waals surface area contributed by atoms with Crippen molar-refractivity contribution in [3.05, 3.63) is 65.5 Å². The monoisotopic (exact) mass is 323 g/mol. The number of anilines is 2. The van der Waals surface area contributed by atoms with Crippen molar-refractivity contribution in [1.29, 1.82) is 0 Å². The molecule has 0 unspecified atom stereocenters.